The summed E-state index contributed by atoms with van der Waals surface area (Å²) in [7, 11) is 0. The van der Waals surface area contributed by atoms with Crippen LogP contribution in [0.3, 0.4) is 0 Å². The molecule has 5 nitrogen and oxygen atoms in total. The number of halogens is 2. The third-order valence-corrected chi connectivity index (χ3v) is 4.24. The number of carboxylic acid groups (broad SMARTS) is 1. The lowest BCUT2D eigenvalue weighted by atomic mass is 9.97. The van der Waals surface area contributed by atoms with Gasteiger partial charge in [0.25, 0.3) is 0 Å². The number of aliphatic carboxylic acids is 1. The fraction of sp³-hybridized carbons (Fsp3) is 0.429. The van der Waals surface area contributed by atoms with Gasteiger partial charge in [0.2, 0.25) is 5.91 Å². The number of carbonyl (C=O) groups is 2. The van der Waals surface area contributed by atoms with Crippen molar-refractivity contribution in [2.45, 2.75) is 25.5 Å². The van der Waals surface area contributed by atoms with E-state index < -0.39 is 18.1 Å². The average molecular weight is 377 g/mol. The van der Waals surface area contributed by atoms with Crippen LogP contribution < -0.4 is 0 Å². The zero-order valence-electron chi connectivity index (χ0n) is 11.4. The van der Waals surface area contributed by atoms with Gasteiger partial charge >= 0.3 is 5.97 Å². The van der Waals surface area contributed by atoms with Crippen molar-refractivity contribution in [3.05, 3.63) is 33.3 Å². The molecule has 1 saturated heterocycles. The number of ether oxygens (including phenoxy) is 1. The molecule has 1 aromatic carbocycles. The highest BCUT2D eigenvalue weighted by Crippen LogP contribution is 2.36. The maximum atomic E-state index is 12.1. The highest BCUT2D eigenvalue weighted by molar-refractivity contribution is 9.10. The van der Waals surface area contributed by atoms with Crippen molar-refractivity contribution in [1.29, 1.82) is 0 Å². The second-order valence-corrected chi connectivity index (χ2v) is 6.06. The summed E-state index contributed by atoms with van der Waals surface area (Å²) in [4.78, 5) is 25.1. The Morgan fingerprint density at radius 3 is 2.86 bits per heavy atom. The smallest absolute Gasteiger partial charge is 0.335 e. The highest BCUT2D eigenvalue weighted by Gasteiger charge is 2.42. The number of nitrogens with zero attached hydrogens (tertiary/aromatic N) is 1. The number of morpholine rings is 1. The summed E-state index contributed by atoms with van der Waals surface area (Å²) in [6.45, 7) is 2.21. The quantitative estimate of drug-likeness (QED) is 0.877. The summed E-state index contributed by atoms with van der Waals surface area (Å²) in [5, 5.41) is 9.91. The zero-order chi connectivity index (χ0) is 15.6. The first kappa shape index (κ1) is 16.3. The minimum Gasteiger partial charge on any atom is -0.479 e. The summed E-state index contributed by atoms with van der Waals surface area (Å²) >= 11 is 9.31. The molecule has 2 rings (SSSR count). The predicted octanol–water partition coefficient (Wildman–Crippen LogP) is 2.87. The van der Waals surface area contributed by atoms with Crippen molar-refractivity contribution in [3.63, 3.8) is 0 Å². The van der Waals surface area contributed by atoms with Crippen LogP contribution in [0.2, 0.25) is 5.02 Å². The lowest BCUT2D eigenvalue weighted by molar-refractivity contribution is -0.173. The number of benzene rings is 1. The van der Waals surface area contributed by atoms with Gasteiger partial charge in [-0.1, -0.05) is 40.5 Å². The monoisotopic (exact) mass is 375 g/mol. The predicted molar refractivity (Wildman–Crippen MR) is 81.3 cm³/mol. The van der Waals surface area contributed by atoms with Crippen molar-refractivity contribution in [2.24, 2.45) is 0 Å². The largest absolute Gasteiger partial charge is 0.479 e. The van der Waals surface area contributed by atoms with Crippen LogP contribution in [0.15, 0.2) is 22.7 Å². The van der Waals surface area contributed by atoms with E-state index in [1.54, 1.807) is 23.1 Å². The SMILES string of the molecule is CCCN1C(=O)COC(C(=O)O)C1c1ccc(Cl)cc1Br. The first-order valence-electron chi connectivity index (χ1n) is 6.54. The van der Waals surface area contributed by atoms with Crippen molar-refractivity contribution in [2.75, 3.05) is 13.2 Å². The van der Waals surface area contributed by atoms with Crippen molar-refractivity contribution in [3.8, 4) is 0 Å². The summed E-state index contributed by atoms with van der Waals surface area (Å²) in [5.74, 6) is -1.29. The van der Waals surface area contributed by atoms with Crippen LogP contribution in [-0.4, -0.2) is 41.1 Å². The number of carbonyl (C=O) groups excluding carboxylic acids is 1. The van der Waals surface area contributed by atoms with Crippen LogP contribution in [-0.2, 0) is 14.3 Å². The van der Waals surface area contributed by atoms with E-state index in [1.165, 1.54) is 0 Å². The molecule has 1 fully saturated rings. The lowest BCUT2D eigenvalue weighted by Gasteiger charge is -2.39. The summed E-state index contributed by atoms with van der Waals surface area (Å²) in [5.41, 5.74) is 0.674. The molecular formula is C14H15BrClNO4. The van der Waals surface area contributed by atoms with Crippen LogP contribution in [0.5, 0.6) is 0 Å². The van der Waals surface area contributed by atoms with Gasteiger partial charge in [0.1, 0.15) is 6.61 Å². The third kappa shape index (κ3) is 3.39. The molecule has 1 N–H and O–H groups in total. The minimum atomic E-state index is -1.09. The first-order valence-corrected chi connectivity index (χ1v) is 7.71. The Morgan fingerprint density at radius 2 is 2.29 bits per heavy atom. The molecule has 0 aliphatic carbocycles. The van der Waals surface area contributed by atoms with E-state index >= 15 is 0 Å². The summed E-state index contributed by atoms with van der Waals surface area (Å²) in [6.07, 6.45) is -0.355. The molecular weight excluding hydrogens is 362 g/mol. The lowest BCUT2D eigenvalue weighted by Crippen LogP contribution is -2.52. The maximum Gasteiger partial charge on any atom is 0.335 e. The summed E-state index contributed by atoms with van der Waals surface area (Å²) < 4.78 is 5.89. The standard InChI is InChI=1S/C14H15BrClNO4/c1-2-5-17-11(18)7-21-13(14(19)20)12(17)9-4-3-8(16)6-10(9)15/h3-4,6,12-13H,2,5,7H2,1H3,(H,19,20). The number of hydrogen-bond acceptors (Lipinski definition) is 3. The Bertz CT molecular complexity index is 566. The maximum absolute atomic E-state index is 12.1. The van der Waals surface area contributed by atoms with E-state index in [1.807, 2.05) is 6.92 Å². The van der Waals surface area contributed by atoms with Gasteiger partial charge in [-0.05, 0) is 24.1 Å². The van der Waals surface area contributed by atoms with E-state index in [2.05, 4.69) is 15.9 Å². The molecule has 0 spiro atoms. The van der Waals surface area contributed by atoms with Gasteiger partial charge in [-0.25, -0.2) is 4.79 Å². The third-order valence-electron chi connectivity index (χ3n) is 3.32. The molecule has 0 saturated carbocycles. The highest BCUT2D eigenvalue weighted by atomic mass is 79.9. The van der Waals surface area contributed by atoms with Crippen LogP contribution >= 0.6 is 27.5 Å². The molecule has 21 heavy (non-hydrogen) atoms. The van der Waals surface area contributed by atoms with Gasteiger partial charge < -0.3 is 14.7 Å². The fourth-order valence-corrected chi connectivity index (χ4v) is 3.35. The van der Waals surface area contributed by atoms with Crippen LogP contribution in [0.25, 0.3) is 0 Å². The number of carboxylic acids is 1. The first-order chi connectivity index (χ1) is 9.95. The molecule has 1 aliphatic heterocycles. The summed E-state index contributed by atoms with van der Waals surface area (Å²) in [6, 6.07) is 4.40. The van der Waals surface area contributed by atoms with E-state index in [-0.39, 0.29) is 12.5 Å². The number of amides is 1. The normalized spacial score (nSPS) is 22.4. The molecule has 7 heteroatoms. The molecule has 1 amide bonds. The molecule has 1 heterocycles. The Morgan fingerprint density at radius 1 is 1.57 bits per heavy atom. The minimum absolute atomic E-state index is 0.207. The molecule has 0 radical (unpaired) electrons. The molecule has 0 aromatic heterocycles. The second-order valence-electron chi connectivity index (χ2n) is 4.77. The molecule has 0 bridgehead atoms. The van der Waals surface area contributed by atoms with Gasteiger partial charge in [-0.2, -0.15) is 0 Å². The molecule has 114 valence electrons. The fourth-order valence-electron chi connectivity index (χ4n) is 2.44. The van der Waals surface area contributed by atoms with Crippen LogP contribution in [0, 0.1) is 0 Å². The van der Waals surface area contributed by atoms with Gasteiger partial charge in [0, 0.05) is 16.0 Å². The van der Waals surface area contributed by atoms with Crippen molar-refractivity contribution < 1.29 is 19.4 Å². The second kappa shape index (κ2) is 6.77. The Balaban J connectivity index is 2.48. The number of rotatable bonds is 4. The molecule has 1 aliphatic rings. The number of hydrogen-bond donors (Lipinski definition) is 1. The Kier molecular flexibility index (Phi) is 5.24. The molecule has 2 atom stereocenters. The Labute approximate surface area is 136 Å². The van der Waals surface area contributed by atoms with E-state index in [4.69, 9.17) is 16.3 Å². The Hall–Kier alpha value is -1.11. The molecule has 1 aromatic rings. The van der Waals surface area contributed by atoms with Gasteiger partial charge in [0.15, 0.2) is 6.10 Å². The topological polar surface area (TPSA) is 66.8 Å². The zero-order valence-corrected chi connectivity index (χ0v) is 13.7. The molecule has 2 unspecified atom stereocenters. The van der Waals surface area contributed by atoms with Crippen LogP contribution in [0.4, 0.5) is 0 Å². The van der Waals surface area contributed by atoms with E-state index in [9.17, 15) is 14.7 Å². The van der Waals surface area contributed by atoms with Gasteiger partial charge in [-0.15, -0.1) is 0 Å². The van der Waals surface area contributed by atoms with E-state index in [0.29, 0.717) is 21.6 Å². The van der Waals surface area contributed by atoms with Crippen molar-refractivity contribution >= 4 is 39.4 Å². The average Bonchev–Trinajstić information content (AvgIpc) is 2.41. The van der Waals surface area contributed by atoms with Gasteiger partial charge in [-0.3, -0.25) is 4.79 Å². The van der Waals surface area contributed by atoms with Crippen LogP contribution in [0.1, 0.15) is 24.9 Å². The van der Waals surface area contributed by atoms with Crippen molar-refractivity contribution in [1.82, 2.24) is 4.90 Å². The van der Waals surface area contributed by atoms with Gasteiger partial charge in [0.05, 0.1) is 6.04 Å². The van der Waals surface area contributed by atoms with E-state index in [0.717, 1.165) is 6.42 Å².